The van der Waals surface area contributed by atoms with Gasteiger partial charge in [0.05, 0.1) is 32.5 Å². The first-order valence-electron chi connectivity index (χ1n) is 9.37. The Morgan fingerprint density at radius 3 is 2.64 bits per heavy atom. The monoisotopic (exact) mass is 383 g/mol. The normalized spacial score (nSPS) is 21.7. The molecule has 1 saturated heterocycles. The molecule has 7 nitrogen and oxygen atoms in total. The minimum atomic E-state index is -0.434. The first-order valence-corrected chi connectivity index (χ1v) is 9.37. The van der Waals surface area contributed by atoms with Crippen LogP contribution in [0.4, 0.5) is 0 Å². The van der Waals surface area contributed by atoms with E-state index >= 15 is 0 Å². The number of rotatable bonds is 9. The van der Waals surface area contributed by atoms with Gasteiger partial charge in [-0.2, -0.15) is 0 Å². The van der Waals surface area contributed by atoms with Gasteiger partial charge in [-0.05, 0) is 36.1 Å². The summed E-state index contributed by atoms with van der Waals surface area (Å²) in [5.74, 6) is 0.831. The molecule has 0 N–H and O–H groups in total. The van der Waals surface area contributed by atoms with Gasteiger partial charge < -0.3 is 18.9 Å². The Balaban J connectivity index is 1.46. The molecule has 2 aromatic carbocycles. The highest BCUT2D eigenvalue weighted by Gasteiger charge is 2.31. The Bertz CT molecular complexity index is 763. The number of azide groups is 1. The average Bonchev–Trinajstić information content (AvgIpc) is 2.75. The number of methoxy groups -OCH3 is 1. The summed E-state index contributed by atoms with van der Waals surface area (Å²) < 4.78 is 22.7. The lowest BCUT2D eigenvalue weighted by Gasteiger charge is -2.34. The Kier molecular flexibility index (Phi) is 7.70. The zero-order valence-electron chi connectivity index (χ0n) is 15.9. The lowest BCUT2D eigenvalue weighted by molar-refractivity contribution is -0.226. The summed E-state index contributed by atoms with van der Waals surface area (Å²) in [6, 6.07) is 17.3. The molecule has 3 atom stereocenters. The van der Waals surface area contributed by atoms with Gasteiger partial charge in [-0.25, -0.2) is 0 Å². The molecule has 1 fully saturated rings. The number of hydrogen-bond acceptors (Lipinski definition) is 5. The first-order chi connectivity index (χ1) is 13.8. The van der Waals surface area contributed by atoms with Gasteiger partial charge in [0.15, 0.2) is 6.29 Å². The highest BCUT2D eigenvalue weighted by molar-refractivity contribution is 5.26. The molecule has 0 bridgehead atoms. The van der Waals surface area contributed by atoms with Gasteiger partial charge in [0, 0.05) is 17.1 Å². The third-order valence-corrected chi connectivity index (χ3v) is 4.62. The topological polar surface area (TPSA) is 85.7 Å². The maximum absolute atomic E-state index is 8.81. The molecule has 0 aromatic heterocycles. The number of benzene rings is 2. The average molecular weight is 383 g/mol. The van der Waals surface area contributed by atoms with Crippen molar-refractivity contribution in [2.75, 3.05) is 20.3 Å². The second-order valence-corrected chi connectivity index (χ2v) is 6.57. The Morgan fingerprint density at radius 2 is 1.93 bits per heavy atom. The van der Waals surface area contributed by atoms with E-state index in [1.165, 1.54) is 0 Å². The van der Waals surface area contributed by atoms with Gasteiger partial charge in [0.2, 0.25) is 0 Å². The van der Waals surface area contributed by atoms with Gasteiger partial charge in [0.25, 0.3) is 0 Å². The predicted molar refractivity (Wildman–Crippen MR) is 105 cm³/mol. The second-order valence-electron chi connectivity index (χ2n) is 6.57. The van der Waals surface area contributed by atoms with Gasteiger partial charge in [-0.15, -0.1) is 0 Å². The summed E-state index contributed by atoms with van der Waals surface area (Å²) in [4.78, 5) is 2.93. The third-order valence-electron chi connectivity index (χ3n) is 4.62. The van der Waals surface area contributed by atoms with Crippen LogP contribution in [0.25, 0.3) is 10.4 Å². The van der Waals surface area contributed by atoms with Crippen LogP contribution in [0, 0.1) is 0 Å². The molecular weight excluding hydrogens is 358 g/mol. The van der Waals surface area contributed by atoms with E-state index in [1.54, 1.807) is 7.11 Å². The van der Waals surface area contributed by atoms with Crippen molar-refractivity contribution in [2.45, 2.75) is 37.9 Å². The van der Waals surface area contributed by atoms with Gasteiger partial charge in [-0.3, -0.25) is 0 Å². The highest BCUT2D eigenvalue weighted by atomic mass is 16.7. The van der Waals surface area contributed by atoms with Crippen molar-refractivity contribution in [3.63, 3.8) is 0 Å². The van der Waals surface area contributed by atoms with Crippen LogP contribution in [0.5, 0.6) is 5.75 Å². The lowest BCUT2D eigenvalue weighted by Crippen LogP contribution is -2.39. The quantitative estimate of drug-likeness (QED) is 0.270. The standard InChI is InChI=1S/C21H25N3O4/c1-25-18-11-9-16(10-12-18)14-26-13-5-8-20-19(23-24-22)15-27-21(28-20)17-6-3-2-4-7-17/h2-4,6-7,9-12,19-21H,5,8,13-15H2,1H3/t19-,20+,21?/m1/s1. The Morgan fingerprint density at radius 1 is 1.14 bits per heavy atom. The summed E-state index contributed by atoms with van der Waals surface area (Å²) in [6.45, 7) is 1.50. The summed E-state index contributed by atoms with van der Waals surface area (Å²) >= 11 is 0. The second kappa shape index (κ2) is 10.7. The number of hydrogen-bond donors (Lipinski definition) is 0. The lowest BCUT2D eigenvalue weighted by atomic mass is 10.1. The van der Waals surface area contributed by atoms with Crippen molar-refractivity contribution in [1.82, 2.24) is 0 Å². The van der Waals surface area contributed by atoms with Crippen LogP contribution in [-0.2, 0) is 20.8 Å². The van der Waals surface area contributed by atoms with E-state index < -0.39 is 6.29 Å². The zero-order valence-corrected chi connectivity index (χ0v) is 15.9. The smallest absolute Gasteiger partial charge is 0.184 e. The summed E-state index contributed by atoms with van der Waals surface area (Å²) in [7, 11) is 1.65. The fourth-order valence-electron chi connectivity index (χ4n) is 3.10. The van der Waals surface area contributed by atoms with Crippen molar-refractivity contribution in [3.8, 4) is 5.75 Å². The maximum Gasteiger partial charge on any atom is 0.184 e. The largest absolute Gasteiger partial charge is 0.497 e. The summed E-state index contributed by atoms with van der Waals surface area (Å²) in [5, 5.41) is 3.83. The van der Waals surface area contributed by atoms with Gasteiger partial charge >= 0.3 is 0 Å². The van der Waals surface area contributed by atoms with E-state index in [0.29, 0.717) is 19.8 Å². The van der Waals surface area contributed by atoms with Crippen molar-refractivity contribution in [3.05, 3.63) is 76.2 Å². The van der Waals surface area contributed by atoms with Crippen LogP contribution in [0.2, 0.25) is 0 Å². The minimum absolute atomic E-state index is 0.195. The minimum Gasteiger partial charge on any atom is -0.497 e. The molecule has 148 valence electrons. The molecule has 0 spiro atoms. The fourth-order valence-corrected chi connectivity index (χ4v) is 3.10. The van der Waals surface area contributed by atoms with E-state index in [0.717, 1.165) is 29.7 Å². The van der Waals surface area contributed by atoms with E-state index in [9.17, 15) is 0 Å². The third kappa shape index (κ3) is 5.71. The van der Waals surface area contributed by atoms with Crippen molar-refractivity contribution in [2.24, 2.45) is 5.11 Å². The van der Waals surface area contributed by atoms with Gasteiger partial charge in [0.1, 0.15) is 5.75 Å². The molecule has 2 aromatic rings. The van der Waals surface area contributed by atoms with E-state index in [-0.39, 0.29) is 12.1 Å². The number of ether oxygens (including phenoxy) is 4. The molecule has 0 amide bonds. The molecule has 28 heavy (non-hydrogen) atoms. The summed E-state index contributed by atoms with van der Waals surface area (Å²) in [5.41, 5.74) is 10.9. The molecular formula is C21H25N3O4. The molecule has 0 saturated carbocycles. The van der Waals surface area contributed by atoms with Crippen LogP contribution in [0.1, 0.15) is 30.3 Å². The molecule has 1 aliphatic rings. The SMILES string of the molecule is COc1ccc(COCCC[C@@H]2OC(c3ccccc3)OC[C@H]2N=[N+]=[N-])cc1. The van der Waals surface area contributed by atoms with Crippen molar-refractivity contribution >= 4 is 0 Å². The fraction of sp³-hybridized carbons (Fsp3) is 0.429. The van der Waals surface area contributed by atoms with Crippen LogP contribution < -0.4 is 4.74 Å². The first kappa shape index (κ1) is 20.2. The van der Waals surface area contributed by atoms with Crippen LogP contribution >= 0.6 is 0 Å². The molecule has 1 heterocycles. The summed E-state index contributed by atoms with van der Waals surface area (Å²) in [6.07, 6.45) is 0.912. The predicted octanol–water partition coefficient (Wildman–Crippen LogP) is 4.79. The van der Waals surface area contributed by atoms with Crippen molar-refractivity contribution in [1.29, 1.82) is 0 Å². The van der Waals surface area contributed by atoms with Crippen LogP contribution in [-0.4, -0.2) is 32.5 Å². The molecule has 0 radical (unpaired) electrons. The molecule has 0 aliphatic carbocycles. The molecule has 1 unspecified atom stereocenters. The van der Waals surface area contributed by atoms with Crippen LogP contribution in [0.15, 0.2) is 59.7 Å². The molecule has 3 rings (SSSR count). The van der Waals surface area contributed by atoms with Gasteiger partial charge in [-0.1, -0.05) is 47.6 Å². The molecule has 1 aliphatic heterocycles. The highest BCUT2D eigenvalue weighted by Crippen LogP contribution is 2.29. The van der Waals surface area contributed by atoms with E-state index in [1.807, 2.05) is 54.6 Å². The Labute approximate surface area is 164 Å². The van der Waals surface area contributed by atoms with Crippen LogP contribution in [0.3, 0.4) is 0 Å². The van der Waals surface area contributed by atoms with Crippen molar-refractivity contribution < 1.29 is 18.9 Å². The number of nitrogens with zero attached hydrogens (tertiary/aromatic N) is 3. The van der Waals surface area contributed by atoms with E-state index in [2.05, 4.69) is 10.0 Å². The zero-order chi connectivity index (χ0) is 19.6. The van der Waals surface area contributed by atoms with E-state index in [4.69, 9.17) is 24.5 Å². The maximum atomic E-state index is 8.81. The molecule has 7 heteroatoms. The Hall–Kier alpha value is -2.57.